The molecule has 1 heterocycles. The number of aromatic nitrogens is 1. The minimum absolute atomic E-state index is 0.112. The third kappa shape index (κ3) is 3.85. The predicted molar refractivity (Wildman–Crippen MR) is 86.5 cm³/mol. The quantitative estimate of drug-likeness (QED) is 0.812. The van der Waals surface area contributed by atoms with Gasteiger partial charge < -0.3 is 16.0 Å². The van der Waals surface area contributed by atoms with Crippen molar-refractivity contribution >= 4 is 28.2 Å². The van der Waals surface area contributed by atoms with Gasteiger partial charge in [-0.3, -0.25) is 4.79 Å². The topological polar surface area (TPSA) is 71.2 Å². The van der Waals surface area contributed by atoms with Gasteiger partial charge in [0.25, 0.3) is 5.91 Å². The smallest absolute Gasteiger partial charge is 0.265 e. The third-order valence-corrected chi connectivity index (χ3v) is 4.57. The molecule has 1 amide bonds. The molecule has 0 aromatic carbocycles. The molecular weight excluding hydrogens is 272 g/mol. The Bertz CT molecular complexity index is 440. The van der Waals surface area contributed by atoms with E-state index in [1.807, 2.05) is 0 Å². The second-order valence-corrected chi connectivity index (χ2v) is 6.09. The SMILES string of the molecule is CCC(NC(=O)c1sc(N(CC)CC)nc1N)C(C)C. The Hall–Kier alpha value is -1.30. The minimum atomic E-state index is -0.112. The van der Waals surface area contributed by atoms with E-state index >= 15 is 0 Å². The highest BCUT2D eigenvalue weighted by Gasteiger charge is 2.21. The highest BCUT2D eigenvalue weighted by Crippen LogP contribution is 2.28. The normalized spacial score (nSPS) is 12.5. The van der Waals surface area contributed by atoms with Crippen molar-refractivity contribution in [2.75, 3.05) is 23.7 Å². The number of rotatable bonds is 7. The monoisotopic (exact) mass is 298 g/mol. The lowest BCUT2D eigenvalue weighted by molar-refractivity contribution is 0.0929. The Kier molecular flexibility index (Phi) is 6.26. The Morgan fingerprint density at radius 2 is 1.95 bits per heavy atom. The molecule has 0 aliphatic heterocycles. The molecule has 0 saturated carbocycles. The number of nitrogens with zero attached hydrogens (tertiary/aromatic N) is 2. The maximum atomic E-state index is 12.3. The van der Waals surface area contributed by atoms with Gasteiger partial charge in [-0.05, 0) is 26.2 Å². The Balaban J connectivity index is 2.88. The van der Waals surface area contributed by atoms with E-state index in [4.69, 9.17) is 5.73 Å². The number of hydrogen-bond donors (Lipinski definition) is 2. The zero-order valence-corrected chi connectivity index (χ0v) is 13.9. The fourth-order valence-corrected chi connectivity index (χ4v) is 3.10. The van der Waals surface area contributed by atoms with Crippen LogP contribution in [0.15, 0.2) is 0 Å². The standard InChI is InChI=1S/C14H26N4OS/c1-6-10(9(4)5)16-13(19)11-12(15)17-14(20-11)18(7-2)8-3/h9-10H,6-8,15H2,1-5H3,(H,16,19). The zero-order valence-electron chi connectivity index (χ0n) is 13.1. The summed E-state index contributed by atoms with van der Waals surface area (Å²) in [6.45, 7) is 12.1. The van der Waals surface area contributed by atoms with Gasteiger partial charge in [0.2, 0.25) is 0 Å². The number of nitrogens with two attached hydrogens (primary N) is 1. The Morgan fingerprint density at radius 3 is 2.40 bits per heavy atom. The largest absolute Gasteiger partial charge is 0.382 e. The molecule has 20 heavy (non-hydrogen) atoms. The first kappa shape index (κ1) is 16.8. The predicted octanol–water partition coefficient (Wildman–Crippen LogP) is 2.74. The summed E-state index contributed by atoms with van der Waals surface area (Å²) in [6, 6.07) is 0.168. The van der Waals surface area contributed by atoms with Gasteiger partial charge in [-0.25, -0.2) is 4.98 Å². The molecule has 0 aliphatic rings. The van der Waals surface area contributed by atoms with Crippen molar-refractivity contribution in [2.45, 2.75) is 47.1 Å². The summed E-state index contributed by atoms with van der Waals surface area (Å²) in [6.07, 6.45) is 0.908. The van der Waals surface area contributed by atoms with Crippen molar-refractivity contribution in [2.24, 2.45) is 5.92 Å². The van der Waals surface area contributed by atoms with Crippen LogP contribution in [-0.4, -0.2) is 30.0 Å². The van der Waals surface area contributed by atoms with Crippen LogP contribution in [0.3, 0.4) is 0 Å². The van der Waals surface area contributed by atoms with Crippen LogP contribution in [0.2, 0.25) is 0 Å². The van der Waals surface area contributed by atoms with Gasteiger partial charge in [0.1, 0.15) is 10.7 Å². The number of nitrogen functional groups attached to an aromatic ring is 1. The van der Waals surface area contributed by atoms with Crippen molar-refractivity contribution in [3.63, 3.8) is 0 Å². The number of carbonyl (C=O) groups excluding carboxylic acids is 1. The van der Waals surface area contributed by atoms with E-state index in [2.05, 4.69) is 49.8 Å². The highest BCUT2D eigenvalue weighted by molar-refractivity contribution is 7.18. The maximum absolute atomic E-state index is 12.3. The fourth-order valence-electron chi connectivity index (χ4n) is 2.09. The van der Waals surface area contributed by atoms with Crippen molar-refractivity contribution in [3.05, 3.63) is 4.88 Å². The van der Waals surface area contributed by atoms with Crippen molar-refractivity contribution in [1.29, 1.82) is 0 Å². The lowest BCUT2D eigenvalue weighted by Gasteiger charge is -2.20. The molecule has 0 saturated heterocycles. The van der Waals surface area contributed by atoms with Crippen molar-refractivity contribution in [1.82, 2.24) is 10.3 Å². The van der Waals surface area contributed by atoms with Crippen molar-refractivity contribution < 1.29 is 4.79 Å². The van der Waals surface area contributed by atoms with E-state index in [1.54, 1.807) is 0 Å². The molecule has 1 unspecified atom stereocenters. The highest BCUT2D eigenvalue weighted by atomic mass is 32.1. The molecule has 3 N–H and O–H groups in total. The first-order chi connectivity index (χ1) is 9.44. The lowest BCUT2D eigenvalue weighted by Crippen LogP contribution is -2.37. The van der Waals surface area contributed by atoms with E-state index in [1.165, 1.54) is 11.3 Å². The van der Waals surface area contributed by atoms with Crippen LogP contribution in [-0.2, 0) is 0 Å². The van der Waals surface area contributed by atoms with E-state index in [9.17, 15) is 4.79 Å². The van der Waals surface area contributed by atoms with E-state index < -0.39 is 0 Å². The molecule has 6 heteroatoms. The Morgan fingerprint density at radius 1 is 1.35 bits per heavy atom. The summed E-state index contributed by atoms with van der Waals surface area (Å²) in [7, 11) is 0. The van der Waals surface area contributed by atoms with Gasteiger partial charge in [-0.1, -0.05) is 32.1 Å². The van der Waals surface area contributed by atoms with Crippen LogP contribution in [0, 0.1) is 5.92 Å². The molecule has 1 rings (SSSR count). The van der Waals surface area contributed by atoms with Gasteiger partial charge >= 0.3 is 0 Å². The van der Waals surface area contributed by atoms with E-state index in [0.29, 0.717) is 16.6 Å². The van der Waals surface area contributed by atoms with E-state index in [-0.39, 0.29) is 11.9 Å². The molecule has 5 nitrogen and oxygen atoms in total. The molecule has 0 fully saturated rings. The zero-order chi connectivity index (χ0) is 15.3. The third-order valence-electron chi connectivity index (χ3n) is 3.44. The average Bonchev–Trinajstić information content (AvgIpc) is 2.79. The van der Waals surface area contributed by atoms with Crippen LogP contribution in [0.25, 0.3) is 0 Å². The summed E-state index contributed by atoms with van der Waals surface area (Å²) in [5, 5.41) is 3.86. The molecule has 1 atom stereocenters. The summed E-state index contributed by atoms with van der Waals surface area (Å²) < 4.78 is 0. The number of amides is 1. The summed E-state index contributed by atoms with van der Waals surface area (Å²) in [4.78, 5) is 19.2. The van der Waals surface area contributed by atoms with E-state index in [0.717, 1.165) is 24.6 Å². The molecule has 0 radical (unpaired) electrons. The number of nitrogens with one attached hydrogen (secondary N) is 1. The van der Waals surface area contributed by atoms with Gasteiger partial charge in [-0.2, -0.15) is 0 Å². The van der Waals surface area contributed by atoms with Crippen LogP contribution in [0.4, 0.5) is 10.9 Å². The van der Waals surface area contributed by atoms with Crippen LogP contribution in [0.5, 0.6) is 0 Å². The minimum Gasteiger partial charge on any atom is -0.382 e. The molecule has 1 aromatic rings. The summed E-state index contributed by atoms with van der Waals surface area (Å²) in [5.41, 5.74) is 5.89. The maximum Gasteiger partial charge on any atom is 0.265 e. The number of anilines is 2. The lowest BCUT2D eigenvalue weighted by atomic mass is 10.0. The fraction of sp³-hybridized carbons (Fsp3) is 0.714. The van der Waals surface area contributed by atoms with Gasteiger partial charge in [0.15, 0.2) is 5.13 Å². The van der Waals surface area contributed by atoms with Crippen LogP contribution >= 0.6 is 11.3 Å². The molecule has 0 spiro atoms. The van der Waals surface area contributed by atoms with Crippen LogP contribution in [0.1, 0.15) is 50.7 Å². The van der Waals surface area contributed by atoms with Gasteiger partial charge in [0.05, 0.1) is 0 Å². The summed E-state index contributed by atoms with van der Waals surface area (Å²) >= 11 is 1.37. The summed E-state index contributed by atoms with van der Waals surface area (Å²) in [5.74, 6) is 0.618. The molecule has 1 aromatic heterocycles. The Labute approximate surface area is 125 Å². The molecule has 0 bridgehead atoms. The first-order valence-corrected chi connectivity index (χ1v) is 8.08. The van der Waals surface area contributed by atoms with Crippen LogP contribution < -0.4 is 16.0 Å². The number of carbonyl (C=O) groups is 1. The molecular formula is C14H26N4OS. The second-order valence-electron chi connectivity index (χ2n) is 5.12. The first-order valence-electron chi connectivity index (χ1n) is 7.26. The second kappa shape index (κ2) is 7.47. The number of hydrogen-bond acceptors (Lipinski definition) is 5. The molecule has 0 aliphatic carbocycles. The van der Waals surface area contributed by atoms with Crippen molar-refractivity contribution in [3.8, 4) is 0 Å². The van der Waals surface area contributed by atoms with Gasteiger partial charge in [-0.15, -0.1) is 0 Å². The molecule has 114 valence electrons. The number of thiazole rings is 1. The average molecular weight is 298 g/mol. The van der Waals surface area contributed by atoms with Gasteiger partial charge in [0, 0.05) is 19.1 Å².